The summed E-state index contributed by atoms with van der Waals surface area (Å²) in [4.78, 5) is 11.3. The molecule has 88 valence electrons. The van der Waals surface area contributed by atoms with Crippen molar-refractivity contribution in [1.29, 1.82) is 0 Å². The fourth-order valence-corrected chi connectivity index (χ4v) is 2.63. The first-order valence-electron chi connectivity index (χ1n) is 5.39. The Morgan fingerprint density at radius 1 is 1.60 bits per heavy atom. The van der Waals surface area contributed by atoms with E-state index < -0.39 is 0 Å². The van der Waals surface area contributed by atoms with Gasteiger partial charge in [0.05, 0.1) is 6.54 Å². The molecule has 0 aromatic rings. The lowest BCUT2D eigenvalue weighted by atomic mass is 10.2. The van der Waals surface area contributed by atoms with Gasteiger partial charge >= 0.3 is 0 Å². The van der Waals surface area contributed by atoms with Crippen molar-refractivity contribution >= 4 is 17.7 Å². The minimum absolute atomic E-state index is 0.0861. The Kier molecular flexibility index (Phi) is 6.80. The van der Waals surface area contributed by atoms with Crippen LogP contribution in [0.1, 0.15) is 12.8 Å². The van der Waals surface area contributed by atoms with Crippen molar-refractivity contribution < 1.29 is 9.53 Å². The molecule has 1 fully saturated rings. The van der Waals surface area contributed by atoms with Crippen molar-refractivity contribution in [3.05, 3.63) is 0 Å². The predicted octanol–water partition coefficient (Wildman–Crippen LogP) is 0.234. The van der Waals surface area contributed by atoms with Gasteiger partial charge in [0, 0.05) is 32.1 Å². The summed E-state index contributed by atoms with van der Waals surface area (Å²) in [5.41, 5.74) is 0. The summed E-state index contributed by atoms with van der Waals surface area (Å²) < 4.78 is 4.90. The topological polar surface area (TPSA) is 50.4 Å². The van der Waals surface area contributed by atoms with E-state index >= 15 is 0 Å². The Bertz CT molecular complexity index is 184. The molecular weight excluding hydrogens is 212 g/mol. The van der Waals surface area contributed by atoms with Crippen LogP contribution in [0.25, 0.3) is 0 Å². The summed E-state index contributed by atoms with van der Waals surface area (Å²) in [6.07, 6.45) is 2.06. The first-order chi connectivity index (χ1) is 7.33. The average molecular weight is 232 g/mol. The van der Waals surface area contributed by atoms with Crippen LogP contribution in [-0.4, -0.2) is 50.3 Å². The lowest BCUT2D eigenvalue weighted by molar-refractivity contribution is -0.120. The Morgan fingerprint density at radius 3 is 3.13 bits per heavy atom. The Hall–Kier alpha value is -0.260. The quantitative estimate of drug-likeness (QED) is 0.617. The molecule has 5 heteroatoms. The Balaban J connectivity index is 1.93. The molecule has 0 aliphatic carbocycles. The van der Waals surface area contributed by atoms with E-state index in [-0.39, 0.29) is 5.91 Å². The summed E-state index contributed by atoms with van der Waals surface area (Å²) in [6.45, 7) is 1.85. The van der Waals surface area contributed by atoms with Crippen LogP contribution in [-0.2, 0) is 9.53 Å². The van der Waals surface area contributed by atoms with Gasteiger partial charge in [0.2, 0.25) is 5.91 Å². The van der Waals surface area contributed by atoms with Crippen LogP contribution in [0.4, 0.5) is 0 Å². The van der Waals surface area contributed by atoms with E-state index in [2.05, 4.69) is 10.6 Å². The molecule has 1 heterocycles. The molecule has 0 aromatic heterocycles. The maximum atomic E-state index is 11.3. The molecule has 1 aliphatic heterocycles. The van der Waals surface area contributed by atoms with E-state index in [1.165, 1.54) is 12.2 Å². The van der Waals surface area contributed by atoms with Crippen LogP contribution in [0.5, 0.6) is 0 Å². The van der Waals surface area contributed by atoms with Gasteiger partial charge in [-0.3, -0.25) is 4.79 Å². The SMILES string of the molecule is COCCCNC(=O)CNC1CCSC1. The van der Waals surface area contributed by atoms with E-state index in [1.807, 2.05) is 11.8 Å². The second-order valence-electron chi connectivity index (χ2n) is 3.64. The van der Waals surface area contributed by atoms with Crippen LogP contribution in [0.15, 0.2) is 0 Å². The first kappa shape index (κ1) is 12.8. The van der Waals surface area contributed by atoms with E-state index in [4.69, 9.17) is 4.74 Å². The maximum Gasteiger partial charge on any atom is 0.233 e. The number of ether oxygens (including phenoxy) is 1. The normalized spacial score (nSPS) is 20.5. The van der Waals surface area contributed by atoms with Gasteiger partial charge in [-0.1, -0.05) is 0 Å². The Morgan fingerprint density at radius 2 is 2.47 bits per heavy atom. The zero-order valence-corrected chi connectivity index (χ0v) is 10.1. The monoisotopic (exact) mass is 232 g/mol. The number of methoxy groups -OCH3 is 1. The van der Waals surface area contributed by atoms with E-state index in [0.717, 1.165) is 12.2 Å². The van der Waals surface area contributed by atoms with Gasteiger partial charge in [-0.05, 0) is 18.6 Å². The first-order valence-corrected chi connectivity index (χ1v) is 6.55. The number of rotatable bonds is 7. The largest absolute Gasteiger partial charge is 0.385 e. The van der Waals surface area contributed by atoms with Gasteiger partial charge < -0.3 is 15.4 Å². The summed E-state index contributed by atoms with van der Waals surface area (Å²) in [5, 5.41) is 6.11. The molecular formula is C10H20N2O2S. The third kappa shape index (κ3) is 6.02. The van der Waals surface area contributed by atoms with Gasteiger partial charge in [0.15, 0.2) is 0 Å². The van der Waals surface area contributed by atoms with Crippen molar-refractivity contribution in [3.63, 3.8) is 0 Å². The number of hydrogen-bond donors (Lipinski definition) is 2. The summed E-state index contributed by atoms with van der Waals surface area (Å²) in [7, 11) is 1.67. The number of amides is 1. The molecule has 1 unspecified atom stereocenters. The lowest BCUT2D eigenvalue weighted by Crippen LogP contribution is -2.39. The third-order valence-electron chi connectivity index (χ3n) is 2.33. The van der Waals surface area contributed by atoms with Crippen molar-refractivity contribution in [2.75, 3.05) is 38.3 Å². The zero-order valence-electron chi connectivity index (χ0n) is 9.25. The summed E-state index contributed by atoms with van der Waals surface area (Å²) in [6, 6.07) is 0.528. The molecule has 1 saturated heterocycles. The molecule has 1 rings (SSSR count). The minimum atomic E-state index is 0.0861. The van der Waals surface area contributed by atoms with Gasteiger partial charge in [-0.25, -0.2) is 0 Å². The number of carbonyl (C=O) groups excluding carboxylic acids is 1. The summed E-state index contributed by atoms with van der Waals surface area (Å²) >= 11 is 1.95. The van der Waals surface area contributed by atoms with Crippen LogP contribution in [0, 0.1) is 0 Å². The van der Waals surface area contributed by atoms with Gasteiger partial charge in [0.1, 0.15) is 0 Å². The zero-order chi connectivity index (χ0) is 10.9. The minimum Gasteiger partial charge on any atom is -0.385 e. The van der Waals surface area contributed by atoms with Crippen molar-refractivity contribution in [3.8, 4) is 0 Å². The van der Waals surface area contributed by atoms with Crippen LogP contribution in [0.2, 0.25) is 0 Å². The van der Waals surface area contributed by atoms with Crippen molar-refractivity contribution in [2.24, 2.45) is 0 Å². The fourth-order valence-electron chi connectivity index (χ4n) is 1.44. The molecule has 1 atom stereocenters. The molecule has 15 heavy (non-hydrogen) atoms. The van der Waals surface area contributed by atoms with Crippen molar-refractivity contribution in [1.82, 2.24) is 10.6 Å². The second-order valence-corrected chi connectivity index (χ2v) is 4.79. The molecule has 1 amide bonds. The highest BCUT2D eigenvalue weighted by Gasteiger charge is 2.15. The average Bonchev–Trinajstić information content (AvgIpc) is 2.74. The van der Waals surface area contributed by atoms with Crippen molar-refractivity contribution in [2.45, 2.75) is 18.9 Å². The standard InChI is InChI=1S/C10H20N2O2S/c1-14-5-2-4-11-10(13)7-12-9-3-6-15-8-9/h9,12H,2-8H2,1H3,(H,11,13). The molecule has 0 radical (unpaired) electrons. The summed E-state index contributed by atoms with van der Waals surface area (Å²) in [5.74, 6) is 2.44. The number of carbonyl (C=O) groups is 1. The molecule has 0 saturated carbocycles. The van der Waals surface area contributed by atoms with Crippen LogP contribution < -0.4 is 10.6 Å². The number of thioether (sulfide) groups is 1. The molecule has 0 spiro atoms. The van der Waals surface area contributed by atoms with Crippen LogP contribution in [0.3, 0.4) is 0 Å². The molecule has 0 aromatic carbocycles. The highest BCUT2D eigenvalue weighted by molar-refractivity contribution is 7.99. The van der Waals surface area contributed by atoms with Gasteiger partial charge in [-0.15, -0.1) is 0 Å². The maximum absolute atomic E-state index is 11.3. The predicted molar refractivity (Wildman–Crippen MR) is 63.2 cm³/mol. The Labute approximate surface area is 95.5 Å². The molecule has 0 bridgehead atoms. The van der Waals surface area contributed by atoms with Gasteiger partial charge in [-0.2, -0.15) is 11.8 Å². The second kappa shape index (κ2) is 7.96. The highest BCUT2D eigenvalue weighted by atomic mass is 32.2. The molecule has 1 aliphatic rings. The highest BCUT2D eigenvalue weighted by Crippen LogP contribution is 2.16. The number of nitrogens with one attached hydrogen (secondary N) is 2. The van der Waals surface area contributed by atoms with E-state index in [9.17, 15) is 4.79 Å². The van der Waals surface area contributed by atoms with Crippen LogP contribution >= 0.6 is 11.8 Å². The molecule has 4 nitrogen and oxygen atoms in total. The third-order valence-corrected chi connectivity index (χ3v) is 3.49. The van der Waals surface area contributed by atoms with Gasteiger partial charge in [0.25, 0.3) is 0 Å². The number of hydrogen-bond acceptors (Lipinski definition) is 4. The fraction of sp³-hybridized carbons (Fsp3) is 0.900. The lowest BCUT2D eigenvalue weighted by Gasteiger charge is -2.10. The molecule has 2 N–H and O–H groups in total. The van der Waals surface area contributed by atoms with E-state index in [0.29, 0.717) is 25.7 Å². The van der Waals surface area contributed by atoms with E-state index in [1.54, 1.807) is 7.11 Å². The smallest absolute Gasteiger partial charge is 0.233 e.